The zero-order valence-corrected chi connectivity index (χ0v) is 16.0. The maximum Gasteiger partial charge on any atom is 0.265 e. The van der Waals surface area contributed by atoms with Crippen molar-refractivity contribution in [2.45, 2.75) is 31.3 Å². The summed E-state index contributed by atoms with van der Waals surface area (Å²) in [5, 5.41) is 4.38. The maximum absolute atomic E-state index is 13.1. The summed E-state index contributed by atoms with van der Waals surface area (Å²) in [4.78, 5) is 13.0. The molecule has 1 aliphatic heterocycles. The Morgan fingerprint density at radius 2 is 1.78 bits per heavy atom. The molecule has 0 aliphatic carbocycles. The Morgan fingerprint density at radius 1 is 1.07 bits per heavy atom. The van der Waals surface area contributed by atoms with Gasteiger partial charge in [0.25, 0.3) is 10.0 Å². The van der Waals surface area contributed by atoms with Gasteiger partial charge in [-0.2, -0.15) is 0 Å². The molecule has 0 saturated carbocycles. The van der Waals surface area contributed by atoms with Gasteiger partial charge in [0, 0.05) is 11.9 Å². The van der Waals surface area contributed by atoms with E-state index in [4.69, 9.17) is 0 Å². The number of rotatable bonds is 4. The molecule has 0 fully saturated rings. The fourth-order valence-corrected chi connectivity index (χ4v) is 5.47. The molecule has 27 heavy (non-hydrogen) atoms. The number of hydrogen-bond acceptors (Lipinski definition) is 3. The van der Waals surface area contributed by atoms with E-state index < -0.39 is 16.1 Å². The highest BCUT2D eigenvalue weighted by atomic mass is 32.2. The lowest BCUT2D eigenvalue weighted by molar-refractivity contribution is -0.122. The molecule has 0 spiro atoms. The lowest BCUT2D eigenvalue weighted by Crippen LogP contribution is -2.46. The fourth-order valence-electron chi connectivity index (χ4n) is 3.60. The number of anilines is 1. The summed E-state index contributed by atoms with van der Waals surface area (Å²) in [6, 6.07) is 17.6. The molecule has 5 nitrogen and oxygen atoms in total. The van der Waals surface area contributed by atoms with E-state index in [-0.39, 0.29) is 10.8 Å². The second-order valence-corrected chi connectivity index (χ2v) is 8.60. The highest BCUT2D eigenvalue weighted by Crippen LogP contribution is 2.43. The van der Waals surface area contributed by atoms with Crippen molar-refractivity contribution in [2.24, 2.45) is 0 Å². The van der Waals surface area contributed by atoms with Gasteiger partial charge in [-0.3, -0.25) is 9.10 Å². The number of sulfonamides is 1. The van der Waals surface area contributed by atoms with Crippen LogP contribution in [0, 0.1) is 6.92 Å². The smallest absolute Gasteiger partial charge is 0.265 e. The van der Waals surface area contributed by atoms with Crippen molar-refractivity contribution < 1.29 is 13.2 Å². The third kappa shape index (κ3) is 2.86. The van der Waals surface area contributed by atoms with Crippen LogP contribution in [0.2, 0.25) is 0 Å². The number of carbonyl (C=O) groups excluding carboxylic acids is 1. The average molecular weight is 380 g/mol. The number of benzene rings is 3. The molecule has 0 bridgehead atoms. The second kappa shape index (κ2) is 6.39. The molecule has 1 aliphatic rings. The largest absolute Gasteiger partial charge is 0.350 e. The molecule has 0 unspecified atom stereocenters. The summed E-state index contributed by atoms with van der Waals surface area (Å²) in [7, 11) is -3.76. The van der Waals surface area contributed by atoms with E-state index in [0.29, 0.717) is 17.6 Å². The normalized spacial score (nSPS) is 15.7. The van der Waals surface area contributed by atoms with E-state index in [1.54, 1.807) is 25.1 Å². The van der Waals surface area contributed by atoms with Crippen LogP contribution in [0.4, 0.5) is 5.69 Å². The van der Waals surface area contributed by atoms with Crippen molar-refractivity contribution >= 4 is 32.4 Å². The van der Waals surface area contributed by atoms with E-state index in [9.17, 15) is 13.2 Å². The molecule has 1 heterocycles. The summed E-state index contributed by atoms with van der Waals surface area (Å²) in [5.74, 6) is -0.329. The van der Waals surface area contributed by atoms with E-state index in [0.717, 1.165) is 16.5 Å². The summed E-state index contributed by atoms with van der Waals surface area (Å²) < 4.78 is 27.4. The first kappa shape index (κ1) is 17.5. The minimum absolute atomic E-state index is 0.258. The zero-order valence-electron chi connectivity index (χ0n) is 15.1. The van der Waals surface area contributed by atoms with Crippen LogP contribution in [0.3, 0.4) is 0 Å². The van der Waals surface area contributed by atoms with Gasteiger partial charge in [0.2, 0.25) is 5.91 Å². The highest BCUT2D eigenvalue weighted by Gasteiger charge is 2.40. The number of nitrogens with one attached hydrogen (secondary N) is 1. The van der Waals surface area contributed by atoms with Gasteiger partial charge in [0.15, 0.2) is 0 Å². The van der Waals surface area contributed by atoms with Crippen molar-refractivity contribution in [1.29, 1.82) is 0 Å². The van der Waals surface area contributed by atoms with Gasteiger partial charge in [0.1, 0.15) is 6.04 Å². The average Bonchev–Trinajstić information content (AvgIpc) is 2.88. The topological polar surface area (TPSA) is 66.5 Å². The van der Waals surface area contributed by atoms with Crippen LogP contribution in [0.5, 0.6) is 0 Å². The van der Waals surface area contributed by atoms with Crippen LogP contribution in [0.1, 0.15) is 18.1 Å². The van der Waals surface area contributed by atoms with Crippen molar-refractivity contribution in [1.82, 2.24) is 5.32 Å². The Balaban J connectivity index is 1.63. The Morgan fingerprint density at radius 3 is 2.52 bits per heavy atom. The first-order valence-corrected chi connectivity index (χ1v) is 10.2. The number of hydrogen-bond donors (Lipinski definition) is 1. The lowest BCUT2D eigenvalue weighted by atomic mass is 10.1. The number of nitrogens with zero attached hydrogens (tertiary/aromatic N) is 1. The molecule has 4 rings (SSSR count). The van der Waals surface area contributed by atoms with Gasteiger partial charge >= 0.3 is 0 Å². The summed E-state index contributed by atoms with van der Waals surface area (Å²) in [5.41, 5.74) is 2.64. The van der Waals surface area contributed by atoms with Crippen LogP contribution in [-0.4, -0.2) is 20.4 Å². The third-order valence-corrected chi connectivity index (χ3v) is 6.83. The summed E-state index contributed by atoms with van der Waals surface area (Å²) >= 11 is 0. The molecule has 0 aromatic heterocycles. The molecule has 1 amide bonds. The Bertz CT molecular complexity index is 1150. The van der Waals surface area contributed by atoms with E-state index in [1.165, 1.54) is 4.31 Å². The van der Waals surface area contributed by atoms with Crippen LogP contribution in [0.15, 0.2) is 65.6 Å². The molecular formula is C21H20N2O3S. The van der Waals surface area contributed by atoms with Crippen molar-refractivity contribution in [3.63, 3.8) is 0 Å². The van der Waals surface area contributed by atoms with Crippen LogP contribution < -0.4 is 9.62 Å². The highest BCUT2D eigenvalue weighted by molar-refractivity contribution is 7.93. The van der Waals surface area contributed by atoms with Gasteiger partial charge in [-0.15, -0.1) is 0 Å². The molecule has 6 heteroatoms. The van der Waals surface area contributed by atoms with E-state index >= 15 is 0 Å². The van der Waals surface area contributed by atoms with Crippen LogP contribution in [-0.2, 0) is 21.4 Å². The first-order valence-electron chi connectivity index (χ1n) is 8.79. The zero-order chi connectivity index (χ0) is 19.2. The summed E-state index contributed by atoms with van der Waals surface area (Å²) in [6.45, 7) is 3.96. The SMILES string of the molecule is Cc1cccc(CNC(=O)[C@H](C)N2c3cccc4cccc(c34)S2(=O)=O)c1. The minimum Gasteiger partial charge on any atom is -0.350 e. The lowest BCUT2D eigenvalue weighted by Gasteiger charge is -2.25. The maximum atomic E-state index is 13.1. The predicted molar refractivity (Wildman–Crippen MR) is 106 cm³/mol. The van der Waals surface area contributed by atoms with Gasteiger partial charge in [0.05, 0.1) is 10.6 Å². The van der Waals surface area contributed by atoms with E-state index in [1.807, 2.05) is 49.4 Å². The first-order chi connectivity index (χ1) is 12.9. The minimum atomic E-state index is -3.76. The van der Waals surface area contributed by atoms with Gasteiger partial charge < -0.3 is 5.32 Å². The Hall–Kier alpha value is -2.86. The fraction of sp³-hybridized carbons (Fsp3) is 0.190. The molecule has 1 N–H and O–H groups in total. The molecule has 3 aromatic rings. The Labute approximate surface area is 158 Å². The van der Waals surface area contributed by atoms with Crippen LogP contribution >= 0.6 is 0 Å². The number of amides is 1. The van der Waals surface area contributed by atoms with E-state index in [2.05, 4.69) is 5.32 Å². The quantitative estimate of drug-likeness (QED) is 0.755. The molecule has 0 saturated heterocycles. The molecular weight excluding hydrogens is 360 g/mol. The third-order valence-electron chi connectivity index (χ3n) is 4.90. The van der Waals surface area contributed by atoms with Crippen molar-refractivity contribution in [3.05, 3.63) is 71.8 Å². The predicted octanol–water partition coefficient (Wildman–Crippen LogP) is 3.36. The monoisotopic (exact) mass is 380 g/mol. The van der Waals surface area contributed by atoms with Gasteiger partial charge in [-0.25, -0.2) is 8.42 Å². The molecule has 0 radical (unpaired) electrons. The number of carbonyl (C=O) groups is 1. The van der Waals surface area contributed by atoms with Gasteiger partial charge in [-0.05, 0) is 36.9 Å². The molecule has 3 aromatic carbocycles. The van der Waals surface area contributed by atoms with Crippen LogP contribution in [0.25, 0.3) is 10.8 Å². The van der Waals surface area contributed by atoms with Crippen molar-refractivity contribution in [2.75, 3.05) is 4.31 Å². The second-order valence-electron chi connectivity index (χ2n) is 6.82. The molecule has 138 valence electrons. The van der Waals surface area contributed by atoms with Gasteiger partial charge in [-0.1, -0.05) is 54.1 Å². The summed E-state index contributed by atoms with van der Waals surface area (Å²) in [6.07, 6.45) is 0. The number of aryl methyl sites for hydroxylation is 1. The Kier molecular flexibility index (Phi) is 4.15. The van der Waals surface area contributed by atoms with Crippen molar-refractivity contribution in [3.8, 4) is 0 Å². The molecule has 1 atom stereocenters. The standard InChI is InChI=1S/C21H20N2O3S/c1-14-6-3-7-16(12-14)13-22-21(24)15(2)23-18-10-4-8-17-9-5-11-19(20(17)18)27(23,25)26/h3-12,15H,13H2,1-2H3,(H,22,24)/t15-/m0/s1.